The van der Waals surface area contributed by atoms with Crippen molar-refractivity contribution in [3.8, 4) is 0 Å². The minimum atomic E-state index is -3.98. The lowest BCUT2D eigenvalue weighted by molar-refractivity contribution is -0.148. The number of hydrogen-bond donors (Lipinski definition) is 9. The highest BCUT2D eigenvalue weighted by atomic mass is 32.2. The molecular weight excluding hydrogens is 1470 g/mol. The van der Waals surface area contributed by atoms with Crippen molar-refractivity contribution < 1.29 is 70.5 Å². The van der Waals surface area contributed by atoms with Crippen LogP contribution in [0.5, 0.6) is 0 Å². The van der Waals surface area contributed by atoms with Gasteiger partial charge in [-0.15, -0.1) is 10.6 Å². The highest BCUT2D eigenvalue weighted by Crippen LogP contribution is 2.42. The molecule has 7 aliphatic rings. The number of fused-ring (bicyclic) bond motifs is 4. The Morgan fingerprint density at radius 2 is 1.14 bits per heavy atom. The van der Waals surface area contributed by atoms with Crippen LogP contribution in [0.3, 0.4) is 0 Å². The number of rotatable bonds is 42. The van der Waals surface area contributed by atoms with Gasteiger partial charge < -0.3 is 65.1 Å². The molecule has 2 aromatic rings. The van der Waals surface area contributed by atoms with Crippen molar-refractivity contribution >= 4 is 69.0 Å². The maximum Gasteiger partial charge on any atom is 0.256 e. The number of amidine groups is 1. The van der Waals surface area contributed by atoms with Gasteiger partial charge in [0.1, 0.15) is 18.1 Å². The number of carbonyl (C=O) groups excluding carboxylic acids is 9. The Bertz CT molecular complexity index is 3700. The molecule has 2 aromatic carbocycles. The molecule has 9 rings (SSSR count). The molecule has 2 saturated carbocycles. The van der Waals surface area contributed by atoms with E-state index in [9.17, 15) is 27.6 Å². The molecule has 5 heterocycles. The second-order valence-corrected chi connectivity index (χ2v) is 35.3. The average molecular weight is 1600 g/mol. The Hall–Kier alpha value is -7.39. The summed E-state index contributed by atoms with van der Waals surface area (Å²) < 4.78 is 51.7. The Labute approximate surface area is 669 Å². The molecule has 4 saturated heterocycles. The van der Waals surface area contributed by atoms with Crippen molar-refractivity contribution in [3.63, 3.8) is 0 Å². The quantitative estimate of drug-likeness (QED) is 0.0455. The number of nitrogens with zero attached hydrogens (tertiary/aromatic N) is 6. The predicted octanol–water partition coefficient (Wildman–Crippen LogP) is 3.93. The van der Waals surface area contributed by atoms with Crippen molar-refractivity contribution in [1.82, 2.24) is 72.3 Å². The van der Waals surface area contributed by atoms with Crippen LogP contribution in [0.2, 0.25) is 0 Å². The normalized spacial score (nSPS) is 25.3. The van der Waals surface area contributed by atoms with Crippen molar-refractivity contribution in [2.75, 3.05) is 68.9 Å². The van der Waals surface area contributed by atoms with Gasteiger partial charge in [-0.1, -0.05) is 129 Å². The average Bonchev–Trinajstić information content (AvgIpc) is 1.67. The monoisotopic (exact) mass is 1600 g/mol. The Kier molecular flexibility index (Phi) is 32.4. The summed E-state index contributed by atoms with van der Waals surface area (Å²) in [6.45, 7) is 16.0. The number of benzene rings is 2. The van der Waals surface area contributed by atoms with Crippen LogP contribution in [0, 0.1) is 47.3 Å². The molecular formula is C82H131N15O15S. The van der Waals surface area contributed by atoms with Gasteiger partial charge >= 0.3 is 0 Å². The molecule has 31 heteroatoms. The summed E-state index contributed by atoms with van der Waals surface area (Å²) in [7, 11) is 7.47. The number of hydrogen-bond acceptors (Lipinski definition) is 21. The van der Waals surface area contributed by atoms with Gasteiger partial charge in [0.05, 0.1) is 97.6 Å². The molecule has 630 valence electrons. The fourth-order valence-electron chi connectivity index (χ4n) is 19.5. The van der Waals surface area contributed by atoms with Gasteiger partial charge in [-0.2, -0.15) is 0 Å². The van der Waals surface area contributed by atoms with Crippen LogP contribution >= 0.6 is 0 Å². The molecule has 23 atom stereocenters. The standard InChI is InChI=1S/C82H131N15O15S/c1-17-48(5)70(63(109-12)45-65(98)96-39-25-32-62(96)74(112-15)51(8)77(101)85-60(78(102)90-113(16,107)108)42-53-29-23-20-24-30-53)94(10)82(106)68(87-80(104)72-56-36-38-58(44-56)93(72)9)49(6)33-34-54(18-2)71(95(11)81(105)67(47(3)4)86-79(103)69-55-35-37-57(43-55)83-69)64(110-13)46-66(99)97-40-26-31-61(97)73(111-14)50(7)76(100)84-59(75-88-91-92-89-75)41-52-27-21-19-22-28-52/h19-24,27-30,47-51,54-64,67-74,83,91-92H,17-18,25-26,31-46H2,1-16H3,(H,84,100)(H,85,101)(H,86,103)(H,87,104)(H,88,89)(H,90,102)/t48-,49?,50+,51+,54+,55-,56-,57+,58+,59-,60-,61-,62-,63+,64+,67-,68-,69-,70-,71-,72-,73+,74+/m0/s1. The lowest BCUT2D eigenvalue weighted by Crippen LogP contribution is -2.60. The van der Waals surface area contributed by atoms with E-state index in [1.165, 1.54) is 21.3 Å². The van der Waals surface area contributed by atoms with E-state index in [0.717, 1.165) is 50.3 Å². The molecule has 5 aliphatic heterocycles. The molecule has 0 spiro atoms. The van der Waals surface area contributed by atoms with Crippen LogP contribution in [0.4, 0.5) is 0 Å². The van der Waals surface area contributed by atoms with Gasteiger partial charge in [0.15, 0.2) is 5.84 Å². The fourth-order valence-corrected chi connectivity index (χ4v) is 20.0. The number of ether oxygens (including phenoxy) is 4. The number of carbonyl (C=O) groups is 9. The first-order valence-electron chi connectivity index (χ1n) is 41.2. The molecule has 2 aliphatic carbocycles. The fraction of sp³-hybridized carbons (Fsp3) is 0.732. The van der Waals surface area contributed by atoms with Crippen LogP contribution in [-0.2, 0) is 85.0 Å². The predicted molar refractivity (Wildman–Crippen MR) is 428 cm³/mol. The number of sulfonamides is 1. The zero-order valence-corrected chi connectivity index (χ0v) is 70.3. The van der Waals surface area contributed by atoms with Gasteiger partial charge in [0, 0.05) is 74.1 Å². The first-order chi connectivity index (χ1) is 53.9. The third-order valence-corrected chi connectivity index (χ3v) is 26.6. The van der Waals surface area contributed by atoms with Crippen molar-refractivity contribution in [1.29, 1.82) is 0 Å². The van der Waals surface area contributed by atoms with E-state index >= 15 is 24.0 Å². The summed E-state index contributed by atoms with van der Waals surface area (Å²) in [5.41, 5.74) is 10.1. The molecule has 9 N–H and O–H groups in total. The molecule has 6 fully saturated rings. The number of likely N-dealkylation sites (tertiary alicyclic amines) is 3. The minimum Gasteiger partial charge on any atom is -0.379 e. The number of piperidine rings is 2. The van der Waals surface area contributed by atoms with Crippen molar-refractivity contribution in [2.45, 2.75) is 268 Å². The molecule has 9 amide bonds. The SMILES string of the molecule is CC[C@H](CCC(C)[C@H](NC(=O)[C@@H]1[C@H]2CC[C@H](C2)N1C)C(=O)N(C)[C@@H]([C@@H](C)CC)[C@@H](CC(=O)N1CCC[C@H]1[C@H](OC)[C@@H](C)C(=O)N[C@@H](Cc1ccccc1)C(=O)NS(C)(=O)=O)OC)[C@@H]([C@@H](CC(=O)N1CCC[C@H]1[C@H](OC)[C@@H](C)C(=O)N[C@@H](Cc1ccccc1)C1=NNNN1)OC)N(C)C(=O)[C@@H](NC(=O)[C@H]1N[C@@H]2CC[C@H]1C2)C(C)C. The number of amides is 9. The highest BCUT2D eigenvalue weighted by Gasteiger charge is 2.51. The maximum atomic E-state index is 16.1. The van der Waals surface area contributed by atoms with Gasteiger partial charge in [-0.05, 0) is 137 Å². The lowest BCUT2D eigenvalue weighted by Gasteiger charge is -2.43. The maximum absolute atomic E-state index is 16.1. The van der Waals surface area contributed by atoms with E-state index in [-0.39, 0.29) is 96.4 Å². The van der Waals surface area contributed by atoms with Crippen LogP contribution in [-0.4, -0.2) is 258 Å². The largest absolute Gasteiger partial charge is 0.379 e. The number of nitrogens with one attached hydrogen (secondary N) is 9. The topological polar surface area (TPSA) is 362 Å². The Morgan fingerprint density at radius 3 is 1.63 bits per heavy atom. The van der Waals surface area contributed by atoms with Gasteiger partial charge in [0.2, 0.25) is 57.3 Å². The zero-order chi connectivity index (χ0) is 82.3. The summed E-state index contributed by atoms with van der Waals surface area (Å²) in [5, 5.41) is 20.3. The molecule has 4 bridgehead atoms. The first-order valence-corrected chi connectivity index (χ1v) is 43.1. The van der Waals surface area contributed by atoms with Crippen molar-refractivity contribution in [3.05, 3.63) is 71.8 Å². The van der Waals surface area contributed by atoms with Gasteiger partial charge in [-0.3, -0.25) is 58.2 Å². The molecule has 0 aromatic heterocycles. The van der Waals surface area contributed by atoms with Crippen LogP contribution in [0.1, 0.15) is 169 Å². The van der Waals surface area contributed by atoms with Crippen molar-refractivity contribution in [2.24, 2.45) is 52.4 Å². The van der Waals surface area contributed by atoms with Crippen LogP contribution in [0.15, 0.2) is 65.8 Å². The van der Waals surface area contributed by atoms with E-state index in [4.69, 9.17) is 18.9 Å². The summed E-state index contributed by atoms with van der Waals surface area (Å²) in [6, 6.07) is 11.8. The third-order valence-electron chi connectivity index (χ3n) is 26.0. The summed E-state index contributed by atoms with van der Waals surface area (Å²) >= 11 is 0. The second kappa shape index (κ2) is 40.9. The highest BCUT2D eigenvalue weighted by molar-refractivity contribution is 7.89. The van der Waals surface area contributed by atoms with E-state index in [0.29, 0.717) is 82.3 Å². The van der Waals surface area contributed by atoms with E-state index in [2.05, 4.69) is 53.1 Å². The molecule has 30 nitrogen and oxygen atoms in total. The first kappa shape index (κ1) is 89.5. The number of hydrazone groups is 1. The zero-order valence-electron chi connectivity index (χ0n) is 69.5. The van der Waals surface area contributed by atoms with E-state index in [1.54, 1.807) is 85.0 Å². The van der Waals surface area contributed by atoms with E-state index in [1.807, 2.05) is 83.6 Å². The van der Waals surface area contributed by atoms with Crippen LogP contribution < -0.4 is 47.8 Å². The molecule has 1 unspecified atom stereocenters. The Balaban J connectivity index is 0.964. The third kappa shape index (κ3) is 22.0. The summed E-state index contributed by atoms with van der Waals surface area (Å²) in [4.78, 5) is 143. The summed E-state index contributed by atoms with van der Waals surface area (Å²) in [6.07, 6.45) is 7.25. The molecule has 113 heavy (non-hydrogen) atoms. The van der Waals surface area contributed by atoms with E-state index < -0.39 is 130 Å². The smallest absolute Gasteiger partial charge is 0.256 e. The van der Waals surface area contributed by atoms with Gasteiger partial charge in [0.25, 0.3) is 5.91 Å². The van der Waals surface area contributed by atoms with Gasteiger partial charge in [-0.25, -0.2) is 14.0 Å². The number of hydrazine groups is 2. The number of methoxy groups -OCH3 is 4. The number of likely N-dealkylation sites (N-methyl/N-ethyl adjacent to an activating group) is 3. The minimum absolute atomic E-state index is 0.00110. The second-order valence-electron chi connectivity index (χ2n) is 33.6. The van der Waals surface area contributed by atoms with Crippen LogP contribution in [0.25, 0.3) is 0 Å². The lowest BCUT2D eigenvalue weighted by atomic mass is 9.82. The summed E-state index contributed by atoms with van der Waals surface area (Å²) in [5.74, 6) is -5.98. The molecule has 0 radical (unpaired) electrons. The Morgan fingerprint density at radius 1 is 0.602 bits per heavy atom.